The molecule has 1 heterocycles. The van der Waals surface area contributed by atoms with E-state index < -0.39 is 19.8 Å². The van der Waals surface area contributed by atoms with Gasteiger partial charge in [-0.25, -0.2) is 0 Å². The Hall–Kier alpha value is -0.561. The Morgan fingerprint density at radius 1 is 1.50 bits per heavy atom. The third kappa shape index (κ3) is 1.98. The predicted octanol–water partition coefficient (Wildman–Crippen LogP) is 0.955. The molecule has 1 rings (SSSR count). The SMILES string of the molecule is Cc1c[c]([SnH]([CH3])[CH3])ncc1C#N. The Kier molecular flexibility index (Phi) is 3.10. The fourth-order valence-corrected chi connectivity index (χ4v) is 3.74. The van der Waals surface area contributed by atoms with E-state index in [1.807, 2.05) is 6.92 Å². The summed E-state index contributed by atoms with van der Waals surface area (Å²) in [4.78, 5) is 8.88. The van der Waals surface area contributed by atoms with Crippen molar-refractivity contribution in [1.29, 1.82) is 5.26 Å². The van der Waals surface area contributed by atoms with Crippen molar-refractivity contribution in [3.05, 3.63) is 23.4 Å². The summed E-state index contributed by atoms with van der Waals surface area (Å²) < 4.78 is 1.26. The molecule has 3 heteroatoms. The summed E-state index contributed by atoms with van der Waals surface area (Å²) in [5.74, 6) is 0. The molecule has 12 heavy (non-hydrogen) atoms. The molecule has 0 aliphatic rings. The van der Waals surface area contributed by atoms with Crippen LogP contribution in [0, 0.1) is 18.3 Å². The topological polar surface area (TPSA) is 36.7 Å². The molecule has 0 N–H and O–H groups in total. The first-order valence-electron chi connectivity index (χ1n) is 4.01. The van der Waals surface area contributed by atoms with Gasteiger partial charge in [-0.1, -0.05) is 0 Å². The second-order valence-electron chi connectivity index (χ2n) is 3.19. The Morgan fingerprint density at radius 3 is 2.58 bits per heavy atom. The molecule has 0 amide bonds. The molecule has 2 nitrogen and oxygen atoms in total. The molecule has 0 aliphatic heterocycles. The Labute approximate surface area is 80.0 Å². The van der Waals surface area contributed by atoms with Gasteiger partial charge in [-0.2, -0.15) is 0 Å². The zero-order valence-electron chi connectivity index (χ0n) is 7.63. The maximum atomic E-state index is 8.68. The van der Waals surface area contributed by atoms with Crippen molar-refractivity contribution in [3.8, 4) is 6.07 Å². The molecule has 0 aromatic carbocycles. The van der Waals surface area contributed by atoms with E-state index in [2.05, 4.69) is 27.0 Å². The monoisotopic (exact) mass is 268 g/mol. The van der Waals surface area contributed by atoms with E-state index in [1.54, 1.807) is 6.20 Å². The molecule has 1 aromatic rings. The van der Waals surface area contributed by atoms with Crippen LogP contribution in [0.4, 0.5) is 0 Å². The van der Waals surface area contributed by atoms with Gasteiger partial charge in [0.2, 0.25) is 0 Å². The molecule has 0 saturated heterocycles. The summed E-state index contributed by atoms with van der Waals surface area (Å²) in [5, 5.41) is 8.68. The number of aryl methyl sites for hydroxylation is 1. The zero-order chi connectivity index (χ0) is 9.14. The first-order valence-corrected chi connectivity index (χ1v) is 12.3. The Bertz CT molecular complexity index is 326. The van der Waals surface area contributed by atoms with Crippen LogP contribution in [0.1, 0.15) is 11.1 Å². The van der Waals surface area contributed by atoms with Crippen molar-refractivity contribution in [2.75, 3.05) is 0 Å². The van der Waals surface area contributed by atoms with E-state index >= 15 is 0 Å². The number of nitriles is 1. The molecule has 0 aliphatic carbocycles. The van der Waals surface area contributed by atoms with Gasteiger partial charge in [0.25, 0.3) is 0 Å². The fourth-order valence-electron chi connectivity index (χ4n) is 1.01. The fraction of sp³-hybridized carbons (Fsp3) is 0.333. The first-order chi connectivity index (χ1) is 5.65. The van der Waals surface area contributed by atoms with Gasteiger partial charge in [0.15, 0.2) is 0 Å². The molecule has 0 saturated carbocycles. The third-order valence-corrected chi connectivity index (χ3v) is 6.12. The van der Waals surface area contributed by atoms with Crippen LogP contribution < -0.4 is 3.71 Å². The molecule has 0 bridgehead atoms. The van der Waals surface area contributed by atoms with E-state index in [0.717, 1.165) is 5.56 Å². The van der Waals surface area contributed by atoms with Gasteiger partial charge in [-0.3, -0.25) is 0 Å². The second kappa shape index (κ2) is 3.90. The van der Waals surface area contributed by atoms with Crippen LogP contribution in [-0.2, 0) is 0 Å². The number of aromatic nitrogens is 1. The summed E-state index contributed by atoms with van der Waals surface area (Å²) in [7, 11) is 0. The molecule has 0 unspecified atom stereocenters. The summed E-state index contributed by atoms with van der Waals surface area (Å²) in [6, 6.07) is 4.19. The van der Waals surface area contributed by atoms with Crippen LogP contribution in [0.3, 0.4) is 0 Å². The number of rotatable bonds is 1. The molecular weight excluding hydrogens is 255 g/mol. The Balaban J connectivity index is 3.12. The molecule has 62 valence electrons. The van der Waals surface area contributed by atoms with Gasteiger partial charge in [0.05, 0.1) is 0 Å². The number of nitrogens with zero attached hydrogens (tertiary/aromatic N) is 2. The number of pyridine rings is 1. The standard InChI is InChI=1S/C7H5N2.2CH3.Sn.H/c1-6-2-3-9-5-7(6)4-8;;;;/h2,5H,1H3;2*1H3;;. The van der Waals surface area contributed by atoms with E-state index in [1.165, 1.54) is 3.71 Å². The third-order valence-electron chi connectivity index (χ3n) is 1.84. The van der Waals surface area contributed by atoms with Gasteiger partial charge >= 0.3 is 80.0 Å². The normalized spacial score (nSPS) is 9.92. The van der Waals surface area contributed by atoms with Crippen molar-refractivity contribution < 1.29 is 0 Å². The van der Waals surface area contributed by atoms with Crippen LogP contribution >= 0.6 is 0 Å². The van der Waals surface area contributed by atoms with E-state index in [-0.39, 0.29) is 0 Å². The summed E-state index contributed by atoms with van der Waals surface area (Å²) in [6.07, 6.45) is 1.70. The quantitative estimate of drug-likeness (QED) is 0.710. The molecule has 0 fully saturated rings. The molecule has 0 atom stereocenters. The van der Waals surface area contributed by atoms with Crippen molar-refractivity contribution >= 4 is 23.5 Å². The summed E-state index contributed by atoms with van der Waals surface area (Å²) >= 11 is -1.44. The Morgan fingerprint density at radius 2 is 2.17 bits per heavy atom. The number of hydrogen-bond acceptors (Lipinski definition) is 2. The molecule has 0 spiro atoms. The minimum atomic E-state index is -1.44. The van der Waals surface area contributed by atoms with Crippen LogP contribution in [-0.4, -0.2) is 24.7 Å². The minimum absolute atomic E-state index is 0.700. The second-order valence-corrected chi connectivity index (χ2v) is 11.5. The predicted molar refractivity (Wildman–Crippen MR) is 52.2 cm³/mol. The van der Waals surface area contributed by atoms with Gasteiger partial charge in [0.1, 0.15) is 0 Å². The van der Waals surface area contributed by atoms with Crippen LogP contribution in [0.15, 0.2) is 12.3 Å². The zero-order valence-corrected chi connectivity index (χ0v) is 10.9. The molecule has 0 radical (unpaired) electrons. The summed E-state index contributed by atoms with van der Waals surface area (Å²) in [6.45, 7) is 1.97. The maximum absolute atomic E-state index is 8.68. The first kappa shape index (κ1) is 9.53. The van der Waals surface area contributed by atoms with Gasteiger partial charge in [0, 0.05) is 0 Å². The van der Waals surface area contributed by atoms with E-state index in [0.29, 0.717) is 5.56 Å². The average molecular weight is 267 g/mol. The van der Waals surface area contributed by atoms with Crippen LogP contribution in [0.5, 0.6) is 0 Å². The van der Waals surface area contributed by atoms with E-state index in [4.69, 9.17) is 5.26 Å². The van der Waals surface area contributed by atoms with Crippen molar-refractivity contribution in [3.63, 3.8) is 0 Å². The van der Waals surface area contributed by atoms with Crippen LogP contribution in [0.25, 0.3) is 0 Å². The summed E-state index contributed by atoms with van der Waals surface area (Å²) in [5.41, 5.74) is 1.76. The average Bonchev–Trinajstić information content (AvgIpc) is 2.04. The van der Waals surface area contributed by atoms with Crippen molar-refractivity contribution in [2.45, 2.75) is 16.8 Å². The van der Waals surface area contributed by atoms with Crippen molar-refractivity contribution in [1.82, 2.24) is 4.98 Å². The molecular formula is C9H12N2Sn. The molecule has 1 aromatic heterocycles. The van der Waals surface area contributed by atoms with Gasteiger partial charge < -0.3 is 0 Å². The van der Waals surface area contributed by atoms with Gasteiger partial charge in [-0.15, -0.1) is 0 Å². The number of hydrogen-bond donors (Lipinski definition) is 0. The van der Waals surface area contributed by atoms with E-state index in [9.17, 15) is 0 Å². The van der Waals surface area contributed by atoms with Crippen LogP contribution in [0.2, 0.25) is 9.88 Å². The van der Waals surface area contributed by atoms with Crippen molar-refractivity contribution in [2.24, 2.45) is 0 Å². The van der Waals surface area contributed by atoms with Gasteiger partial charge in [-0.05, 0) is 0 Å².